The molecule has 1 unspecified atom stereocenters. The molecule has 2 aromatic rings. The van der Waals surface area contributed by atoms with Crippen LogP contribution in [-0.4, -0.2) is 45.4 Å². The lowest BCUT2D eigenvalue weighted by Crippen LogP contribution is -2.44. The average molecular weight is 316 g/mol. The summed E-state index contributed by atoms with van der Waals surface area (Å²) < 4.78 is 6.87. The van der Waals surface area contributed by atoms with Crippen molar-refractivity contribution in [1.82, 2.24) is 20.2 Å². The van der Waals surface area contributed by atoms with E-state index in [1.165, 1.54) is 6.33 Å². The zero-order chi connectivity index (χ0) is 16.2. The van der Waals surface area contributed by atoms with Gasteiger partial charge >= 0.3 is 0 Å². The Bertz CT molecular complexity index is 667. The van der Waals surface area contributed by atoms with Gasteiger partial charge in [-0.25, -0.2) is 4.68 Å². The van der Waals surface area contributed by atoms with Crippen molar-refractivity contribution in [3.8, 4) is 5.69 Å². The van der Waals surface area contributed by atoms with Crippen molar-refractivity contribution in [2.24, 2.45) is 11.7 Å². The summed E-state index contributed by atoms with van der Waals surface area (Å²) in [5.74, 6) is -0.0170. The Morgan fingerprint density at radius 3 is 2.91 bits per heavy atom. The van der Waals surface area contributed by atoms with Crippen molar-refractivity contribution in [3.05, 3.63) is 30.1 Å². The van der Waals surface area contributed by atoms with E-state index in [1.807, 2.05) is 25.1 Å². The van der Waals surface area contributed by atoms with E-state index in [0.717, 1.165) is 24.1 Å². The second kappa shape index (κ2) is 6.84. The van der Waals surface area contributed by atoms with Crippen molar-refractivity contribution in [2.75, 3.05) is 18.5 Å². The lowest BCUT2D eigenvalue weighted by atomic mass is 9.92. The van der Waals surface area contributed by atoms with Crippen molar-refractivity contribution in [3.63, 3.8) is 0 Å². The van der Waals surface area contributed by atoms with Gasteiger partial charge in [0, 0.05) is 18.9 Å². The summed E-state index contributed by atoms with van der Waals surface area (Å²) in [5, 5.41) is 14.0. The highest BCUT2D eigenvalue weighted by Gasteiger charge is 2.26. The molecule has 23 heavy (non-hydrogen) atoms. The molecule has 3 N–H and O–H groups in total. The third kappa shape index (κ3) is 3.54. The van der Waals surface area contributed by atoms with Crippen molar-refractivity contribution >= 4 is 11.6 Å². The maximum atomic E-state index is 12.4. The number of tetrazole rings is 1. The lowest BCUT2D eigenvalue weighted by molar-refractivity contribution is -0.119. The maximum absolute atomic E-state index is 12.4. The second-order valence-corrected chi connectivity index (χ2v) is 5.72. The van der Waals surface area contributed by atoms with Gasteiger partial charge in [0.2, 0.25) is 5.91 Å². The first-order valence-corrected chi connectivity index (χ1v) is 7.63. The van der Waals surface area contributed by atoms with Gasteiger partial charge in [-0.15, -0.1) is 5.10 Å². The highest BCUT2D eigenvalue weighted by molar-refractivity contribution is 5.95. The Labute approximate surface area is 134 Å². The molecule has 0 saturated carbocycles. The molecule has 2 heterocycles. The fraction of sp³-hybridized carbons (Fsp3) is 0.467. The quantitative estimate of drug-likeness (QED) is 0.858. The van der Waals surface area contributed by atoms with E-state index >= 15 is 0 Å². The minimum atomic E-state index is -0.531. The van der Waals surface area contributed by atoms with Gasteiger partial charge in [-0.1, -0.05) is 6.07 Å². The molecule has 1 fully saturated rings. The van der Waals surface area contributed by atoms with Crippen LogP contribution in [0.5, 0.6) is 0 Å². The van der Waals surface area contributed by atoms with Crippen LogP contribution in [0.1, 0.15) is 18.4 Å². The molecule has 3 rings (SSSR count). The Kier molecular flexibility index (Phi) is 4.63. The van der Waals surface area contributed by atoms with Crippen molar-refractivity contribution in [2.45, 2.75) is 25.8 Å². The number of amides is 1. The number of rotatable bonds is 4. The highest BCUT2D eigenvalue weighted by Crippen LogP contribution is 2.21. The van der Waals surface area contributed by atoms with Crippen LogP contribution in [0.15, 0.2) is 24.5 Å². The number of aromatic nitrogens is 4. The minimum absolute atomic E-state index is 0.160. The van der Waals surface area contributed by atoms with Crippen molar-refractivity contribution in [1.29, 1.82) is 0 Å². The van der Waals surface area contributed by atoms with Gasteiger partial charge in [0.1, 0.15) is 6.33 Å². The molecule has 1 amide bonds. The molecule has 0 aliphatic carbocycles. The van der Waals surface area contributed by atoms with Crippen LogP contribution < -0.4 is 11.1 Å². The number of nitrogens with two attached hydrogens (primary N) is 1. The van der Waals surface area contributed by atoms with Crippen LogP contribution >= 0.6 is 0 Å². The molecular formula is C15H20N6O2. The molecule has 1 aliphatic heterocycles. The molecule has 8 heteroatoms. The molecule has 1 saturated heterocycles. The average Bonchev–Trinajstić information content (AvgIpc) is 3.11. The van der Waals surface area contributed by atoms with Crippen LogP contribution in [0.4, 0.5) is 5.69 Å². The summed E-state index contributed by atoms with van der Waals surface area (Å²) in [7, 11) is 0. The molecule has 0 spiro atoms. The van der Waals surface area contributed by atoms with Gasteiger partial charge < -0.3 is 15.8 Å². The number of carbonyl (C=O) groups is 1. The number of aryl methyl sites for hydroxylation is 1. The summed E-state index contributed by atoms with van der Waals surface area (Å²) in [6.45, 7) is 3.29. The first-order valence-electron chi connectivity index (χ1n) is 7.63. The van der Waals surface area contributed by atoms with Gasteiger partial charge in [-0.05, 0) is 53.8 Å². The molecule has 1 aromatic carbocycles. The standard InChI is InChI=1S/C15H20N6O2/c1-10-2-3-12(8-13(10)21-9-17-19-20-21)18-15(22)14(16)11-4-6-23-7-5-11/h2-3,8-9,11,14H,4-7,16H2,1H3,(H,18,22). The van der Waals surface area contributed by atoms with E-state index in [4.69, 9.17) is 10.5 Å². The molecule has 1 aromatic heterocycles. The zero-order valence-electron chi connectivity index (χ0n) is 13.0. The van der Waals surface area contributed by atoms with E-state index in [9.17, 15) is 4.79 Å². The van der Waals surface area contributed by atoms with Crippen LogP contribution in [0, 0.1) is 12.8 Å². The smallest absolute Gasteiger partial charge is 0.241 e. The van der Waals surface area contributed by atoms with Crippen LogP contribution in [0.25, 0.3) is 5.69 Å². The molecule has 0 bridgehead atoms. The molecule has 122 valence electrons. The number of nitrogens with one attached hydrogen (secondary N) is 1. The first kappa shape index (κ1) is 15.6. The van der Waals surface area contributed by atoms with Crippen molar-refractivity contribution < 1.29 is 9.53 Å². The number of nitrogens with zero attached hydrogens (tertiary/aromatic N) is 4. The van der Waals surface area contributed by atoms with E-state index < -0.39 is 6.04 Å². The predicted molar refractivity (Wildman–Crippen MR) is 84.0 cm³/mol. The number of hydrogen-bond donors (Lipinski definition) is 2. The topological polar surface area (TPSA) is 108 Å². The Morgan fingerprint density at radius 1 is 1.43 bits per heavy atom. The number of anilines is 1. The number of benzene rings is 1. The lowest BCUT2D eigenvalue weighted by Gasteiger charge is -2.26. The van der Waals surface area contributed by atoms with Crippen LogP contribution in [0.2, 0.25) is 0 Å². The molecular weight excluding hydrogens is 296 g/mol. The molecule has 1 aliphatic rings. The van der Waals surface area contributed by atoms with E-state index in [-0.39, 0.29) is 11.8 Å². The molecule has 8 nitrogen and oxygen atoms in total. The fourth-order valence-corrected chi connectivity index (χ4v) is 2.72. The highest BCUT2D eigenvalue weighted by atomic mass is 16.5. The summed E-state index contributed by atoms with van der Waals surface area (Å²) in [6, 6.07) is 5.06. The van der Waals surface area contributed by atoms with Gasteiger partial charge in [0.15, 0.2) is 0 Å². The third-order valence-corrected chi connectivity index (χ3v) is 4.15. The van der Waals surface area contributed by atoms with Gasteiger partial charge in [0.05, 0.1) is 11.7 Å². The van der Waals surface area contributed by atoms with E-state index in [1.54, 1.807) is 4.68 Å². The van der Waals surface area contributed by atoms with E-state index in [2.05, 4.69) is 20.8 Å². The van der Waals surface area contributed by atoms with Gasteiger partial charge in [-0.3, -0.25) is 4.79 Å². The summed E-state index contributed by atoms with van der Waals surface area (Å²) in [6.07, 6.45) is 3.15. The summed E-state index contributed by atoms with van der Waals surface area (Å²) >= 11 is 0. The predicted octanol–water partition coefficient (Wildman–Crippen LogP) is 0.663. The fourth-order valence-electron chi connectivity index (χ4n) is 2.72. The Morgan fingerprint density at radius 2 is 2.22 bits per heavy atom. The second-order valence-electron chi connectivity index (χ2n) is 5.72. The Balaban J connectivity index is 1.72. The largest absolute Gasteiger partial charge is 0.381 e. The van der Waals surface area contributed by atoms with E-state index in [0.29, 0.717) is 18.9 Å². The number of carbonyl (C=O) groups excluding carboxylic acids is 1. The zero-order valence-corrected chi connectivity index (χ0v) is 13.0. The summed E-state index contributed by atoms with van der Waals surface area (Å²) in [4.78, 5) is 12.4. The molecule has 0 radical (unpaired) electrons. The maximum Gasteiger partial charge on any atom is 0.241 e. The van der Waals surface area contributed by atoms with Crippen LogP contribution in [-0.2, 0) is 9.53 Å². The van der Waals surface area contributed by atoms with Crippen LogP contribution in [0.3, 0.4) is 0 Å². The van der Waals surface area contributed by atoms with Gasteiger partial charge in [0.25, 0.3) is 0 Å². The number of ether oxygens (including phenoxy) is 1. The monoisotopic (exact) mass is 316 g/mol. The first-order chi connectivity index (χ1) is 11.1. The SMILES string of the molecule is Cc1ccc(NC(=O)C(N)C2CCOCC2)cc1-n1cnnn1. The molecule has 1 atom stereocenters. The minimum Gasteiger partial charge on any atom is -0.381 e. The normalized spacial score (nSPS) is 17.0. The summed E-state index contributed by atoms with van der Waals surface area (Å²) in [5.41, 5.74) is 8.59. The third-order valence-electron chi connectivity index (χ3n) is 4.15. The Hall–Kier alpha value is -2.32. The van der Waals surface area contributed by atoms with Gasteiger partial charge in [-0.2, -0.15) is 0 Å². The number of hydrogen-bond acceptors (Lipinski definition) is 6.